The van der Waals surface area contributed by atoms with Gasteiger partial charge in [0.25, 0.3) is 5.56 Å². The van der Waals surface area contributed by atoms with E-state index < -0.39 is 0 Å². The van der Waals surface area contributed by atoms with Gasteiger partial charge in [0.15, 0.2) is 11.4 Å². The summed E-state index contributed by atoms with van der Waals surface area (Å²) >= 11 is 0. The van der Waals surface area contributed by atoms with Gasteiger partial charge in [0.1, 0.15) is 11.7 Å². The van der Waals surface area contributed by atoms with E-state index >= 15 is 0 Å². The summed E-state index contributed by atoms with van der Waals surface area (Å²) in [6.45, 7) is 3.49. The van der Waals surface area contributed by atoms with E-state index in [1.54, 1.807) is 45.2 Å². The van der Waals surface area contributed by atoms with Gasteiger partial charge in [-0.15, -0.1) is 0 Å². The summed E-state index contributed by atoms with van der Waals surface area (Å²) in [4.78, 5) is 40.7. The Balaban J connectivity index is 1.77. The number of benzene rings is 1. The molecule has 1 aromatic carbocycles. The maximum atomic E-state index is 12.5. The Hall–Kier alpha value is -3.29. The average Bonchev–Trinajstić information content (AvgIpc) is 2.99. The molecule has 26 heavy (non-hydrogen) atoms. The zero-order valence-corrected chi connectivity index (χ0v) is 14.8. The number of anilines is 1. The van der Waals surface area contributed by atoms with Gasteiger partial charge >= 0.3 is 0 Å². The van der Waals surface area contributed by atoms with Gasteiger partial charge in [0.2, 0.25) is 5.91 Å². The summed E-state index contributed by atoms with van der Waals surface area (Å²) in [5, 5.41) is 7.14. The van der Waals surface area contributed by atoms with Crippen molar-refractivity contribution in [1.82, 2.24) is 19.3 Å². The summed E-state index contributed by atoms with van der Waals surface area (Å²) < 4.78 is 2.77. The van der Waals surface area contributed by atoms with E-state index in [-0.39, 0.29) is 29.7 Å². The van der Waals surface area contributed by atoms with Crippen molar-refractivity contribution in [2.45, 2.75) is 20.4 Å². The van der Waals surface area contributed by atoms with Gasteiger partial charge in [-0.05, 0) is 24.3 Å². The Bertz CT molecular complexity index is 1030. The number of amides is 1. The standard InChI is InChI=1S/C18H19N5O3/c1-11(2)17(25)21-13-6-4-12(5-7-13)15(24)9-23-10-19-16-14(18(23)26)8-20-22(16)3/h4-8,10-11H,9H2,1-3H3,(H,21,25). The number of carbonyl (C=O) groups excluding carboxylic acids is 2. The van der Waals surface area contributed by atoms with Crippen LogP contribution in [0.4, 0.5) is 5.69 Å². The fraction of sp³-hybridized carbons (Fsp3) is 0.278. The number of hydrogen-bond donors (Lipinski definition) is 1. The number of fused-ring (bicyclic) bond motifs is 1. The number of carbonyl (C=O) groups is 2. The molecule has 2 aromatic heterocycles. The Labute approximate surface area is 149 Å². The highest BCUT2D eigenvalue weighted by Gasteiger charge is 2.13. The minimum Gasteiger partial charge on any atom is -0.326 e. The number of nitrogens with zero attached hydrogens (tertiary/aromatic N) is 4. The van der Waals surface area contributed by atoms with Crippen molar-refractivity contribution in [2.75, 3.05) is 5.32 Å². The van der Waals surface area contributed by atoms with Crippen LogP contribution >= 0.6 is 0 Å². The summed E-state index contributed by atoms with van der Waals surface area (Å²) in [7, 11) is 1.70. The quantitative estimate of drug-likeness (QED) is 0.703. The molecular formula is C18H19N5O3. The van der Waals surface area contributed by atoms with Gasteiger partial charge in [-0.25, -0.2) is 4.98 Å². The van der Waals surface area contributed by atoms with Crippen molar-refractivity contribution >= 4 is 28.4 Å². The SMILES string of the molecule is CC(C)C(=O)Nc1ccc(C(=O)Cn2cnc3c(cnn3C)c2=O)cc1. The fourth-order valence-electron chi connectivity index (χ4n) is 2.45. The molecule has 3 aromatic rings. The molecule has 8 nitrogen and oxygen atoms in total. The van der Waals surface area contributed by atoms with Crippen LogP contribution in [0.5, 0.6) is 0 Å². The van der Waals surface area contributed by atoms with Gasteiger partial charge in [0.05, 0.1) is 12.7 Å². The first-order chi connectivity index (χ1) is 12.4. The summed E-state index contributed by atoms with van der Waals surface area (Å²) in [5.41, 5.74) is 1.24. The molecule has 0 bridgehead atoms. The number of aryl methyl sites for hydroxylation is 1. The third-order valence-corrected chi connectivity index (χ3v) is 4.03. The normalized spacial score (nSPS) is 11.1. The summed E-state index contributed by atoms with van der Waals surface area (Å²) in [5.74, 6) is -0.441. The van der Waals surface area contributed by atoms with E-state index in [0.29, 0.717) is 22.3 Å². The lowest BCUT2D eigenvalue weighted by atomic mass is 10.1. The number of hydrogen-bond acceptors (Lipinski definition) is 5. The molecule has 0 spiro atoms. The van der Waals surface area contributed by atoms with Crippen LogP contribution in [-0.4, -0.2) is 31.0 Å². The molecule has 0 saturated carbocycles. The number of ketones is 1. The van der Waals surface area contributed by atoms with Crippen LogP contribution in [-0.2, 0) is 18.4 Å². The third-order valence-electron chi connectivity index (χ3n) is 4.03. The number of rotatable bonds is 5. The van der Waals surface area contributed by atoms with Crippen LogP contribution in [0.3, 0.4) is 0 Å². The molecule has 8 heteroatoms. The Kier molecular flexibility index (Phi) is 4.66. The number of aromatic nitrogens is 4. The largest absolute Gasteiger partial charge is 0.326 e. The van der Waals surface area contributed by atoms with Crippen molar-refractivity contribution in [1.29, 1.82) is 0 Å². The highest BCUT2D eigenvalue weighted by Crippen LogP contribution is 2.12. The highest BCUT2D eigenvalue weighted by molar-refractivity contribution is 5.97. The predicted molar refractivity (Wildman–Crippen MR) is 97.0 cm³/mol. The molecule has 0 aliphatic rings. The molecule has 0 aliphatic heterocycles. The van der Waals surface area contributed by atoms with Gasteiger partial charge in [0, 0.05) is 24.2 Å². The maximum absolute atomic E-state index is 12.5. The Morgan fingerprint density at radius 1 is 1.19 bits per heavy atom. The first kappa shape index (κ1) is 17.5. The molecule has 2 heterocycles. The van der Waals surface area contributed by atoms with Crippen molar-refractivity contribution in [2.24, 2.45) is 13.0 Å². The zero-order valence-electron chi connectivity index (χ0n) is 14.8. The van der Waals surface area contributed by atoms with Crippen LogP contribution in [0.25, 0.3) is 11.0 Å². The number of Topliss-reactive ketones (excluding diaryl/α,β-unsaturated/α-hetero) is 1. The zero-order chi connectivity index (χ0) is 18.8. The maximum Gasteiger partial charge on any atom is 0.264 e. The highest BCUT2D eigenvalue weighted by atomic mass is 16.2. The summed E-state index contributed by atoms with van der Waals surface area (Å²) in [6.07, 6.45) is 2.79. The first-order valence-corrected chi connectivity index (χ1v) is 8.18. The van der Waals surface area contributed by atoms with Gasteiger partial charge in [-0.3, -0.25) is 23.6 Å². The molecule has 134 valence electrons. The van der Waals surface area contributed by atoms with Gasteiger partial charge in [-0.2, -0.15) is 5.10 Å². The molecule has 0 fully saturated rings. The fourth-order valence-corrected chi connectivity index (χ4v) is 2.45. The number of nitrogens with one attached hydrogen (secondary N) is 1. The second kappa shape index (κ2) is 6.91. The molecule has 0 aliphatic carbocycles. The molecule has 0 atom stereocenters. The van der Waals surface area contributed by atoms with E-state index in [4.69, 9.17) is 0 Å². The topological polar surface area (TPSA) is 98.9 Å². The van der Waals surface area contributed by atoms with E-state index in [1.165, 1.54) is 21.8 Å². The molecule has 1 amide bonds. The molecule has 1 N–H and O–H groups in total. The smallest absolute Gasteiger partial charge is 0.264 e. The minimum atomic E-state index is -0.308. The lowest BCUT2D eigenvalue weighted by Crippen LogP contribution is -2.24. The molecular weight excluding hydrogens is 334 g/mol. The lowest BCUT2D eigenvalue weighted by Gasteiger charge is -2.09. The van der Waals surface area contributed by atoms with Crippen LogP contribution in [0.1, 0.15) is 24.2 Å². The lowest BCUT2D eigenvalue weighted by molar-refractivity contribution is -0.118. The van der Waals surface area contributed by atoms with Crippen molar-refractivity contribution in [3.8, 4) is 0 Å². The minimum absolute atomic E-state index is 0.0912. The van der Waals surface area contributed by atoms with Crippen molar-refractivity contribution < 1.29 is 9.59 Å². The molecule has 0 radical (unpaired) electrons. The second-order valence-electron chi connectivity index (χ2n) is 6.33. The van der Waals surface area contributed by atoms with Gasteiger partial charge in [-0.1, -0.05) is 13.8 Å². The predicted octanol–water partition coefficient (Wildman–Crippen LogP) is 1.61. The van der Waals surface area contributed by atoms with E-state index in [9.17, 15) is 14.4 Å². The van der Waals surface area contributed by atoms with E-state index in [0.717, 1.165) is 0 Å². The molecule has 0 unspecified atom stereocenters. The van der Waals surface area contributed by atoms with Crippen LogP contribution < -0.4 is 10.9 Å². The van der Waals surface area contributed by atoms with E-state index in [1.807, 2.05) is 0 Å². The van der Waals surface area contributed by atoms with Gasteiger partial charge < -0.3 is 5.32 Å². The monoisotopic (exact) mass is 353 g/mol. The Morgan fingerprint density at radius 3 is 2.54 bits per heavy atom. The van der Waals surface area contributed by atoms with Crippen LogP contribution in [0.2, 0.25) is 0 Å². The average molecular weight is 353 g/mol. The second-order valence-corrected chi connectivity index (χ2v) is 6.33. The molecule has 0 saturated heterocycles. The Morgan fingerprint density at radius 2 is 1.88 bits per heavy atom. The first-order valence-electron chi connectivity index (χ1n) is 8.18. The van der Waals surface area contributed by atoms with Crippen LogP contribution in [0, 0.1) is 5.92 Å². The van der Waals surface area contributed by atoms with Crippen molar-refractivity contribution in [3.05, 3.63) is 52.7 Å². The molecule has 3 rings (SSSR count). The third kappa shape index (κ3) is 3.39. The van der Waals surface area contributed by atoms with Crippen molar-refractivity contribution in [3.63, 3.8) is 0 Å². The van der Waals surface area contributed by atoms with Crippen LogP contribution in [0.15, 0.2) is 41.6 Å². The summed E-state index contributed by atoms with van der Waals surface area (Å²) in [6, 6.07) is 6.58. The van der Waals surface area contributed by atoms with E-state index in [2.05, 4.69) is 15.4 Å².